The van der Waals surface area contributed by atoms with Crippen molar-refractivity contribution in [1.29, 1.82) is 5.26 Å². The van der Waals surface area contributed by atoms with Crippen LogP contribution in [0, 0.1) is 17.2 Å². The standard InChI is InChI=1S/C21H22N2O3.ClH/c1-25-21(24)11-16-10-19(23-13-16)14-26-20-8-6-18(7-9-20)17-4-2-15(12-22)3-5-17;/h2-9,16,19,23H,10-11,13-14H2,1H3;1H/t16-,19-;/m0./s1. The number of carbonyl (C=O) groups is 1. The minimum Gasteiger partial charge on any atom is -0.492 e. The van der Waals surface area contributed by atoms with Crippen LogP contribution in [0.25, 0.3) is 11.1 Å². The summed E-state index contributed by atoms with van der Waals surface area (Å²) in [6.45, 7) is 1.40. The van der Waals surface area contributed by atoms with Gasteiger partial charge in [-0.15, -0.1) is 12.4 Å². The molecule has 2 aromatic rings. The lowest BCUT2D eigenvalue weighted by molar-refractivity contribution is -0.141. The van der Waals surface area contributed by atoms with Crippen molar-refractivity contribution in [2.75, 3.05) is 20.3 Å². The molecule has 0 amide bonds. The Bertz CT molecular complexity index is 785. The quantitative estimate of drug-likeness (QED) is 0.768. The van der Waals surface area contributed by atoms with Crippen LogP contribution in [0.4, 0.5) is 0 Å². The monoisotopic (exact) mass is 386 g/mol. The van der Waals surface area contributed by atoms with Gasteiger partial charge in [0.1, 0.15) is 12.4 Å². The van der Waals surface area contributed by atoms with Gasteiger partial charge in [0.15, 0.2) is 0 Å². The van der Waals surface area contributed by atoms with E-state index in [0.717, 1.165) is 29.8 Å². The summed E-state index contributed by atoms with van der Waals surface area (Å²) in [5.74, 6) is 0.979. The van der Waals surface area contributed by atoms with E-state index < -0.39 is 0 Å². The molecule has 142 valence electrons. The van der Waals surface area contributed by atoms with Gasteiger partial charge < -0.3 is 14.8 Å². The molecule has 0 unspecified atom stereocenters. The van der Waals surface area contributed by atoms with Crippen molar-refractivity contribution in [3.05, 3.63) is 54.1 Å². The number of methoxy groups -OCH3 is 1. The third-order valence-electron chi connectivity index (χ3n) is 4.65. The maximum absolute atomic E-state index is 11.3. The SMILES string of the molecule is COC(=O)C[C@H]1CN[C@H](COc2ccc(-c3ccc(C#N)cc3)cc2)C1.Cl. The van der Waals surface area contributed by atoms with Crippen molar-refractivity contribution in [3.8, 4) is 22.9 Å². The summed E-state index contributed by atoms with van der Waals surface area (Å²) < 4.78 is 10.6. The van der Waals surface area contributed by atoms with E-state index in [1.165, 1.54) is 7.11 Å². The fraction of sp³-hybridized carbons (Fsp3) is 0.333. The van der Waals surface area contributed by atoms with Gasteiger partial charge in [-0.05, 0) is 54.3 Å². The van der Waals surface area contributed by atoms with Crippen LogP contribution in [0.2, 0.25) is 0 Å². The molecule has 0 aliphatic carbocycles. The van der Waals surface area contributed by atoms with E-state index in [-0.39, 0.29) is 24.4 Å². The van der Waals surface area contributed by atoms with Crippen LogP contribution in [-0.4, -0.2) is 32.3 Å². The van der Waals surface area contributed by atoms with E-state index in [0.29, 0.717) is 24.5 Å². The number of hydrogen-bond acceptors (Lipinski definition) is 5. The molecular weight excluding hydrogens is 364 g/mol. The van der Waals surface area contributed by atoms with Crippen LogP contribution in [-0.2, 0) is 9.53 Å². The lowest BCUT2D eigenvalue weighted by atomic mass is 10.0. The Labute approximate surface area is 165 Å². The van der Waals surface area contributed by atoms with Crippen molar-refractivity contribution in [3.63, 3.8) is 0 Å². The fourth-order valence-corrected chi connectivity index (χ4v) is 3.18. The smallest absolute Gasteiger partial charge is 0.305 e. The number of rotatable bonds is 6. The Morgan fingerprint density at radius 1 is 1.15 bits per heavy atom. The summed E-state index contributed by atoms with van der Waals surface area (Å²) in [6, 6.07) is 17.8. The van der Waals surface area contributed by atoms with E-state index in [1.54, 1.807) is 0 Å². The molecule has 2 aromatic carbocycles. The van der Waals surface area contributed by atoms with Gasteiger partial charge in [-0.1, -0.05) is 24.3 Å². The number of carbonyl (C=O) groups excluding carboxylic acids is 1. The number of ether oxygens (including phenoxy) is 2. The molecule has 0 bridgehead atoms. The molecule has 1 aliphatic rings. The number of nitrogens with zero attached hydrogens (tertiary/aromatic N) is 1. The molecule has 1 heterocycles. The first kappa shape index (κ1) is 20.8. The molecule has 0 saturated carbocycles. The van der Waals surface area contributed by atoms with E-state index in [9.17, 15) is 4.79 Å². The molecular formula is C21H23ClN2O3. The van der Waals surface area contributed by atoms with Crippen molar-refractivity contribution < 1.29 is 14.3 Å². The van der Waals surface area contributed by atoms with Gasteiger partial charge in [0.25, 0.3) is 0 Å². The minimum absolute atomic E-state index is 0. The molecule has 5 nitrogen and oxygen atoms in total. The second-order valence-electron chi connectivity index (χ2n) is 6.51. The van der Waals surface area contributed by atoms with Crippen molar-refractivity contribution in [2.24, 2.45) is 5.92 Å². The van der Waals surface area contributed by atoms with Crippen molar-refractivity contribution in [2.45, 2.75) is 18.9 Å². The van der Waals surface area contributed by atoms with Gasteiger partial charge in [-0.2, -0.15) is 5.26 Å². The molecule has 27 heavy (non-hydrogen) atoms. The van der Waals surface area contributed by atoms with Crippen LogP contribution in [0.1, 0.15) is 18.4 Å². The highest BCUT2D eigenvalue weighted by Gasteiger charge is 2.26. The molecule has 3 rings (SSSR count). The Hall–Kier alpha value is -2.55. The van der Waals surface area contributed by atoms with Gasteiger partial charge in [0, 0.05) is 12.5 Å². The van der Waals surface area contributed by atoms with Gasteiger partial charge in [-0.25, -0.2) is 0 Å². The van der Waals surface area contributed by atoms with Gasteiger partial charge in [0.05, 0.1) is 18.7 Å². The normalized spacial score (nSPS) is 18.2. The molecule has 0 radical (unpaired) electrons. The van der Waals surface area contributed by atoms with Gasteiger partial charge in [0.2, 0.25) is 0 Å². The highest BCUT2D eigenvalue weighted by molar-refractivity contribution is 5.85. The summed E-state index contributed by atoms with van der Waals surface area (Å²) in [5.41, 5.74) is 2.81. The number of nitriles is 1. The average molecular weight is 387 g/mol. The summed E-state index contributed by atoms with van der Waals surface area (Å²) in [6.07, 6.45) is 1.37. The van der Waals surface area contributed by atoms with Crippen LogP contribution in [0.3, 0.4) is 0 Å². The molecule has 2 atom stereocenters. The summed E-state index contributed by atoms with van der Waals surface area (Å²) in [5, 5.41) is 12.3. The largest absolute Gasteiger partial charge is 0.492 e. The molecule has 1 aliphatic heterocycles. The lowest BCUT2D eigenvalue weighted by Gasteiger charge is -2.13. The first-order chi connectivity index (χ1) is 12.7. The van der Waals surface area contributed by atoms with E-state index in [1.807, 2.05) is 48.5 Å². The van der Waals surface area contributed by atoms with Crippen LogP contribution in [0.5, 0.6) is 5.75 Å². The Morgan fingerprint density at radius 3 is 2.37 bits per heavy atom. The Kier molecular flexibility index (Phi) is 7.66. The molecule has 1 fully saturated rings. The number of halogens is 1. The maximum Gasteiger partial charge on any atom is 0.305 e. The average Bonchev–Trinajstić information content (AvgIpc) is 3.14. The van der Waals surface area contributed by atoms with E-state index in [4.69, 9.17) is 14.7 Å². The highest BCUT2D eigenvalue weighted by Crippen LogP contribution is 2.24. The zero-order valence-electron chi connectivity index (χ0n) is 15.2. The first-order valence-corrected chi connectivity index (χ1v) is 8.71. The van der Waals surface area contributed by atoms with Gasteiger partial charge >= 0.3 is 5.97 Å². The lowest BCUT2D eigenvalue weighted by Crippen LogP contribution is -2.28. The van der Waals surface area contributed by atoms with Crippen LogP contribution in [0.15, 0.2) is 48.5 Å². The minimum atomic E-state index is -0.156. The maximum atomic E-state index is 11.3. The van der Waals surface area contributed by atoms with E-state index >= 15 is 0 Å². The fourth-order valence-electron chi connectivity index (χ4n) is 3.18. The van der Waals surface area contributed by atoms with E-state index in [2.05, 4.69) is 11.4 Å². The van der Waals surface area contributed by atoms with Crippen molar-refractivity contribution in [1.82, 2.24) is 5.32 Å². The highest BCUT2D eigenvalue weighted by atomic mass is 35.5. The van der Waals surface area contributed by atoms with Crippen LogP contribution >= 0.6 is 12.4 Å². The summed E-state index contributed by atoms with van der Waals surface area (Å²) in [7, 11) is 1.42. The number of benzene rings is 2. The number of hydrogen-bond donors (Lipinski definition) is 1. The Morgan fingerprint density at radius 2 is 1.78 bits per heavy atom. The second kappa shape index (κ2) is 9.96. The topological polar surface area (TPSA) is 71.3 Å². The number of nitrogens with one attached hydrogen (secondary N) is 1. The molecule has 0 spiro atoms. The predicted molar refractivity (Wildman–Crippen MR) is 106 cm³/mol. The Balaban J connectivity index is 0.00000261. The predicted octanol–water partition coefficient (Wildman–Crippen LogP) is 3.57. The third kappa shape index (κ3) is 5.72. The molecule has 0 aromatic heterocycles. The number of esters is 1. The van der Waals surface area contributed by atoms with Crippen molar-refractivity contribution >= 4 is 18.4 Å². The summed E-state index contributed by atoms with van der Waals surface area (Å²) >= 11 is 0. The van der Waals surface area contributed by atoms with Gasteiger partial charge in [-0.3, -0.25) is 4.79 Å². The molecule has 1 N–H and O–H groups in total. The first-order valence-electron chi connectivity index (χ1n) is 8.71. The zero-order valence-corrected chi connectivity index (χ0v) is 16.0. The third-order valence-corrected chi connectivity index (χ3v) is 4.65. The second-order valence-corrected chi connectivity index (χ2v) is 6.51. The molecule has 1 saturated heterocycles. The molecule has 6 heteroatoms. The van der Waals surface area contributed by atoms with Crippen LogP contribution < -0.4 is 10.1 Å². The zero-order chi connectivity index (χ0) is 18.4. The summed E-state index contributed by atoms with van der Waals surface area (Å²) in [4.78, 5) is 11.3.